The van der Waals surface area contributed by atoms with Gasteiger partial charge in [0.05, 0.1) is 4.08 Å². The van der Waals surface area contributed by atoms with Crippen molar-refractivity contribution in [2.24, 2.45) is 0 Å². The number of thioether (sulfide) groups is 2. The van der Waals surface area contributed by atoms with E-state index >= 15 is 0 Å². The largest absolute Gasteiger partial charge is 0.139 e. The molecule has 0 N–H and O–H groups in total. The van der Waals surface area contributed by atoms with Crippen LogP contribution in [0, 0.1) is 0 Å². The van der Waals surface area contributed by atoms with Gasteiger partial charge in [-0.05, 0) is 54.4 Å². The van der Waals surface area contributed by atoms with E-state index < -0.39 is 0 Å². The Morgan fingerprint density at radius 2 is 1.57 bits per heavy atom. The molecule has 2 aromatic rings. The quantitative estimate of drug-likeness (QED) is 0.602. The van der Waals surface area contributed by atoms with Crippen LogP contribution in [-0.2, 0) is 4.08 Å². The van der Waals surface area contributed by atoms with E-state index in [-0.39, 0.29) is 4.08 Å². The first-order valence-electron chi connectivity index (χ1n) is 8.36. The second kappa shape index (κ2) is 8.12. The van der Waals surface area contributed by atoms with Crippen molar-refractivity contribution in [1.29, 1.82) is 0 Å². The van der Waals surface area contributed by atoms with Gasteiger partial charge in [0.25, 0.3) is 0 Å². The summed E-state index contributed by atoms with van der Waals surface area (Å²) in [7, 11) is 0. The molecule has 120 valence electrons. The predicted molar refractivity (Wildman–Crippen MR) is 107 cm³/mol. The number of benzene rings is 2. The van der Waals surface area contributed by atoms with Gasteiger partial charge in [-0.25, -0.2) is 0 Å². The summed E-state index contributed by atoms with van der Waals surface area (Å²) in [6, 6.07) is 21.8. The molecule has 0 unspecified atom stereocenters. The lowest BCUT2D eigenvalue weighted by Crippen LogP contribution is -2.22. The van der Waals surface area contributed by atoms with Crippen molar-refractivity contribution in [3.63, 3.8) is 0 Å². The van der Waals surface area contributed by atoms with Gasteiger partial charge in [0, 0.05) is 0 Å². The van der Waals surface area contributed by atoms with Gasteiger partial charge in [-0.15, -0.1) is 23.5 Å². The third-order valence-corrected chi connectivity index (χ3v) is 7.83. The van der Waals surface area contributed by atoms with Crippen LogP contribution >= 0.6 is 23.5 Å². The lowest BCUT2D eigenvalue weighted by atomic mass is 10.0. The van der Waals surface area contributed by atoms with Crippen molar-refractivity contribution >= 4 is 29.1 Å². The zero-order valence-electron chi connectivity index (χ0n) is 13.7. The maximum atomic E-state index is 2.41. The van der Waals surface area contributed by atoms with E-state index in [0.717, 1.165) is 6.42 Å². The van der Waals surface area contributed by atoms with Crippen molar-refractivity contribution in [3.8, 4) is 0 Å². The first-order valence-corrected chi connectivity index (χ1v) is 10.3. The summed E-state index contributed by atoms with van der Waals surface area (Å²) < 4.78 is 0.243. The second-order valence-corrected chi connectivity index (χ2v) is 9.01. The highest BCUT2D eigenvalue weighted by Crippen LogP contribution is 2.53. The first kappa shape index (κ1) is 16.7. The Labute approximate surface area is 148 Å². The Morgan fingerprint density at radius 3 is 2.22 bits per heavy atom. The third-order valence-electron chi connectivity index (χ3n) is 4.33. The van der Waals surface area contributed by atoms with Gasteiger partial charge in [0.15, 0.2) is 0 Å². The highest BCUT2D eigenvalue weighted by molar-refractivity contribution is 8.18. The zero-order valence-corrected chi connectivity index (χ0v) is 15.3. The minimum atomic E-state index is 0.243. The molecule has 0 aliphatic carbocycles. The fourth-order valence-electron chi connectivity index (χ4n) is 3.02. The summed E-state index contributed by atoms with van der Waals surface area (Å²) in [5, 5.41) is 0. The van der Waals surface area contributed by atoms with Crippen LogP contribution in [0.5, 0.6) is 0 Å². The summed E-state index contributed by atoms with van der Waals surface area (Å²) in [5.74, 6) is 2.56. The molecule has 0 atom stereocenters. The van der Waals surface area contributed by atoms with Crippen LogP contribution in [0.25, 0.3) is 5.57 Å². The molecule has 2 aromatic carbocycles. The Kier molecular flexibility index (Phi) is 5.91. The van der Waals surface area contributed by atoms with E-state index in [1.807, 2.05) is 0 Å². The van der Waals surface area contributed by atoms with Crippen LogP contribution in [0.2, 0.25) is 0 Å². The molecule has 2 heteroatoms. The smallest absolute Gasteiger partial charge is 0.0863 e. The first-order chi connectivity index (χ1) is 11.3. The van der Waals surface area contributed by atoms with Crippen LogP contribution in [0.15, 0.2) is 66.7 Å². The number of hydrogen-bond acceptors (Lipinski definition) is 2. The molecule has 0 bridgehead atoms. The van der Waals surface area contributed by atoms with Gasteiger partial charge in [0.1, 0.15) is 0 Å². The molecule has 3 rings (SSSR count). The molecule has 1 saturated heterocycles. The fraction of sp³-hybridized carbons (Fsp3) is 0.333. The average molecular weight is 341 g/mol. The van der Waals surface area contributed by atoms with Crippen molar-refractivity contribution < 1.29 is 0 Å². The summed E-state index contributed by atoms with van der Waals surface area (Å²) in [5.41, 5.74) is 4.21. The number of hydrogen-bond donors (Lipinski definition) is 0. The van der Waals surface area contributed by atoms with Crippen LogP contribution in [0.4, 0.5) is 0 Å². The molecular formula is C21H24S2. The van der Waals surface area contributed by atoms with Crippen LogP contribution in [-0.4, -0.2) is 11.5 Å². The van der Waals surface area contributed by atoms with Crippen LogP contribution < -0.4 is 0 Å². The van der Waals surface area contributed by atoms with Gasteiger partial charge in [0.2, 0.25) is 0 Å². The van der Waals surface area contributed by atoms with E-state index in [1.54, 1.807) is 0 Å². The summed E-state index contributed by atoms with van der Waals surface area (Å²) in [6.07, 6.45) is 6.09. The topological polar surface area (TPSA) is 0 Å². The maximum Gasteiger partial charge on any atom is 0.0863 e. The average Bonchev–Trinajstić information content (AvgIpc) is 2.64. The fourth-order valence-corrected chi connectivity index (χ4v) is 6.40. The Morgan fingerprint density at radius 1 is 0.957 bits per heavy atom. The van der Waals surface area contributed by atoms with E-state index in [1.165, 1.54) is 41.0 Å². The van der Waals surface area contributed by atoms with Gasteiger partial charge in [-0.1, -0.05) is 66.7 Å². The SMILES string of the molecule is C/C(=C/CCC1(c2ccccc2)SCCCS1)c1ccccc1. The van der Waals surface area contributed by atoms with Crippen LogP contribution in [0.1, 0.15) is 37.3 Å². The molecule has 0 amide bonds. The summed E-state index contributed by atoms with van der Waals surface area (Å²) in [4.78, 5) is 0. The zero-order chi connectivity index (χ0) is 16.0. The normalized spacial score (nSPS) is 17.9. The Bertz CT molecular complexity index is 625. The van der Waals surface area contributed by atoms with E-state index in [4.69, 9.17) is 0 Å². The Hall–Kier alpha value is -1.12. The molecule has 1 aliphatic heterocycles. The molecule has 0 saturated carbocycles. The van der Waals surface area contributed by atoms with E-state index in [9.17, 15) is 0 Å². The van der Waals surface area contributed by atoms with E-state index in [2.05, 4.69) is 97.2 Å². The summed E-state index contributed by atoms with van der Waals surface area (Å²) in [6.45, 7) is 2.23. The molecule has 0 nitrogen and oxygen atoms in total. The molecule has 1 heterocycles. The minimum Gasteiger partial charge on any atom is -0.139 e. The van der Waals surface area contributed by atoms with E-state index in [0.29, 0.717) is 0 Å². The lowest BCUT2D eigenvalue weighted by Gasteiger charge is -2.36. The van der Waals surface area contributed by atoms with Crippen molar-refractivity contribution in [2.45, 2.75) is 30.3 Å². The molecule has 1 fully saturated rings. The van der Waals surface area contributed by atoms with Crippen molar-refractivity contribution in [1.82, 2.24) is 0 Å². The highest BCUT2D eigenvalue weighted by Gasteiger charge is 2.34. The molecule has 0 radical (unpaired) electrons. The predicted octanol–water partition coefficient (Wildman–Crippen LogP) is 6.59. The summed E-state index contributed by atoms with van der Waals surface area (Å²) >= 11 is 4.29. The molecule has 1 aliphatic rings. The van der Waals surface area contributed by atoms with Gasteiger partial charge in [-0.3, -0.25) is 0 Å². The second-order valence-electron chi connectivity index (χ2n) is 5.96. The molecular weight excluding hydrogens is 316 g/mol. The highest BCUT2D eigenvalue weighted by atomic mass is 32.2. The van der Waals surface area contributed by atoms with Gasteiger partial charge in [-0.2, -0.15) is 0 Å². The molecule has 23 heavy (non-hydrogen) atoms. The standard InChI is InChI=1S/C21H24S2/c1-18(19-11-4-2-5-12-19)10-8-15-21(22-16-9-17-23-21)20-13-6-3-7-14-20/h2-7,10-14H,8-9,15-17H2,1H3/b18-10-. The molecule has 0 aromatic heterocycles. The van der Waals surface area contributed by atoms with Crippen LogP contribution in [0.3, 0.4) is 0 Å². The van der Waals surface area contributed by atoms with Gasteiger partial charge < -0.3 is 0 Å². The monoisotopic (exact) mass is 340 g/mol. The Balaban J connectivity index is 1.73. The minimum absolute atomic E-state index is 0.243. The van der Waals surface area contributed by atoms with Crippen molar-refractivity contribution in [2.75, 3.05) is 11.5 Å². The van der Waals surface area contributed by atoms with Crippen molar-refractivity contribution in [3.05, 3.63) is 77.9 Å². The van der Waals surface area contributed by atoms with Gasteiger partial charge >= 0.3 is 0 Å². The number of allylic oxidation sites excluding steroid dienone is 2. The number of rotatable bonds is 5. The lowest BCUT2D eigenvalue weighted by molar-refractivity contribution is 0.762. The third kappa shape index (κ3) is 4.24. The maximum absolute atomic E-state index is 2.41. The molecule has 0 spiro atoms.